The number of fused-ring (bicyclic) bond motifs is 1. The molecule has 4 rings (SSSR count). The zero-order chi connectivity index (χ0) is 21.5. The number of benzene rings is 2. The van der Waals surface area contributed by atoms with E-state index in [2.05, 4.69) is 30.9 Å². The molecule has 0 unspecified atom stereocenters. The van der Waals surface area contributed by atoms with Crippen LogP contribution in [0.15, 0.2) is 41.3 Å². The van der Waals surface area contributed by atoms with Gasteiger partial charge in [0.1, 0.15) is 0 Å². The number of sulfone groups is 1. The minimum Gasteiger partial charge on any atom is -0.345 e. The number of piperazine rings is 1. The molecule has 0 N–H and O–H groups in total. The second-order valence-corrected chi connectivity index (χ2v) is 10.9. The van der Waals surface area contributed by atoms with E-state index in [0.29, 0.717) is 31.7 Å². The summed E-state index contributed by atoms with van der Waals surface area (Å²) < 4.78 is 25.5. The Hall–Kier alpha value is -2.45. The lowest BCUT2D eigenvalue weighted by molar-refractivity contribution is 0.0746. The standard InChI is InChI=1S/C22H25N3O3S2/c1-4-30(27,28)18-7-5-6-17(14-18)21(26)24-8-10-25(11-9-24)22-23-20-16(3)12-15(2)13-19(20)29-22/h5-7,12-14H,4,8-11H2,1-3H3. The van der Waals surface area contributed by atoms with Gasteiger partial charge in [-0.15, -0.1) is 0 Å². The first-order chi connectivity index (χ1) is 14.3. The molecule has 1 saturated heterocycles. The van der Waals surface area contributed by atoms with Gasteiger partial charge in [0.2, 0.25) is 0 Å². The van der Waals surface area contributed by atoms with Crippen molar-refractivity contribution in [2.45, 2.75) is 25.7 Å². The van der Waals surface area contributed by atoms with Crippen LogP contribution in [0, 0.1) is 13.8 Å². The predicted molar refractivity (Wildman–Crippen MR) is 121 cm³/mol. The first kappa shape index (κ1) is 20.8. The van der Waals surface area contributed by atoms with Gasteiger partial charge in [-0.2, -0.15) is 0 Å². The van der Waals surface area contributed by atoms with Crippen molar-refractivity contribution in [2.75, 3.05) is 36.8 Å². The van der Waals surface area contributed by atoms with Gasteiger partial charge in [0.15, 0.2) is 15.0 Å². The normalized spacial score (nSPS) is 15.0. The predicted octanol–water partition coefficient (Wildman–Crippen LogP) is 3.67. The van der Waals surface area contributed by atoms with Crippen LogP contribution in [-0.2, 0) is 9.84 Å². The van der Waals surface area contributed by atoms with Crippen molar-refractivity contribution < 1.29 is 13.2 Å². The number of carbonyl (C=O) groups excluding carboxylic acids is 1. The van der Waals surface area contributed by atoms with Crippen molar-refractivity contribution in [1.29, 1.82) is 0 Å². The second kappa shape index (κ2) is 8.00. The minimum atomic E-state index is -3.34. The second-order valence-electron chi connectivity index (χ2n) is 7.64. The molecule has 8 heteroatoms. The Morgan fingerprint density at radius 2 is 1.83 bits per heavy atom. The largest absolute Gasteiger partial charge is 0.345 e. The van der Waals surface area contributed by atoms with Crippen LogP contribution in [0.5, 0.6) is 0 Å². The van der Waals surface area contributed by atoms with Crippen LogP contribution >= 0.6 is 11.3 Å². The maximum atomic E-state index is 12.9. The van der Waals surface area contributed by atoms with E-state index >= 15 is 0 Å². The molecule has 1 aliphatic rings. The Morgan fingerprint density at radius 1 is 1.10 bits per heavy atom. The van der Waals surface area contributed by atoms with Gasteiger partial charge in [-0.1, -0.05) is 30.4 Å². The number of aryl methyl sites for hydroxylation is 2. The lowest BCUT2D eigenvalue weighted by Crippen LogP contribution is -2.48. The van der Waals surface area contributed by atoms with Crippen LogP contribution in [0.3, 0.4) is 0 Å². The molecule has 1 fully saturated rings. The highest BCUT2D eigenvalue weighted by atomic mass is 32.2. The monoisotopic (exact) mass is 443 g/mol. The minimum absolute atomic E-state index is 0.0183. The Kier molecular flexibility index (Phi) is 5.55. The van der Waals surface area contributed by atoms with Crippen molar-refractivity contribution in [3.05, 3.63) is 53.1 Å². The fourth-order valence-electron chi connectivity index (χ4n) is 3.77. The van der Waals surface area contributed by atoms with E-state index in [0.717, 1.165) is 10.6 Å². The van der Waals surface area contributed by atoms with Crippen LogP contribution in [0.4, 0.5) is 5.13 Å². The number of thiazole rings is 1. The number of carbonyl (C=O) groups is 1. The Labute approximate surface area is 181 Å². The molecule has 2 heterocycles. The van der Waals surface area contributed by atoms with Crippen LogP contribution in [-0.4, -0.2) is 56.1 Å². The fraction of sp³-hybridized carbons (Fsp3) is 0.364. The van der Waals surface area contributed by atoms with E-state index in [9.17, 15) is 13.2 Å². The Bertz CT molecular complexity index is 1210. The average Bonchev–Trinajstić information content (AvgIpc) is 3.18. The first-order valence-corrected chi connectivity index (χ1v) is 12.5. The lowest BCUT2D eigenvalue weighted by Gasteiger charge is -2.34. The number of anilines is 1. The van der Waals surface area contributed by atoms with E-state index in [4.69, 9.17) is 4.98 Å². The summed E-state index contributed by atoms with van der Waals surface area (Å²) >= 11 is 1.69. The summed E-state index contributed by atoms with van der Waals surface area (Å²) in [5.41, 5.74) is 3.89. The zero-order valence-electron chi connectivity index (χ0n) is 17.4. The molecule has 0 saturated carbocycles. The summed E-state index contributed by atoms with van der Waals surface area (Å²) in [5.74, 6) is -0.108. The number of hydrogen-bond donors (Lipinski definition) is 0. The molecule has 1 aromatic heterocycles. The van der Waals surface area contributed by atoms with Gasteiger partial charge in [-0.25, -0.2) is 13.4 Å². The number of aromatic nitrogens is 1. The third-order valence-corrected chi connectivity index (χ3v) is 8.27. The summed E-state index contributed by atoms with van der Waals surface area (Å²) in [5, 5.41) is 0.988. The molecule has 30 heavy (non-hydrogen) atoms. The number of amides is 1. The summed E-state index contributed by atoms with van der Waals surface area (Å²) in [6.45, 7) is 8.36. The molecular formula is C22H25N3O3S2. The zero-order valence-corrected chi connectivity index (χ0v) is 19.0. The van der Waals surface area contributed by atoms with Crippen LogP contribution in [0.2, 0.25) is 0 Å². The van der Waals surface area contributed by atoms with E-state index in [-0.39, 0.29) is 16.6 Å². The molecule has 1 amide bonds. The third kappa shape index (κ3) is 3.94. The first-order valence-electron chi connectivity index (χ1n) is 10.0. The van der Waals surface area contributed by atoms with Crippen LogP contribution < -0.4 is 4.90 Å². The molecular weight excluding hydrogens is 418 g/mol. The topological polar surface area (TPSA) is 70.6 Å². The van der Waals surface area contributed by atoms with Crippen molar-refractivity contribution in [3.8, 4) is 0 Å². The van der Waals surface area contributed by atoms with Crippen LogP contribution in [0.25, 0.3) is 10.2 Å². The Morgan fingerprint density at radius 3 is 2.53 bits per heavy atom. The number of hydrogen-bond acceptors (Lipinski definition) is 6. The summed E-state index contributed by atoms with van der Waals surface area (Å²) in [6.07, 6.45) is 0. The van der Waals surface area contributed by atoms with E-state index in [1.165, 1.54) is 21.9 Å². The molecule has 6 nitrogen and oxygen atoms in total. The highest BCUT2D eigenvalue weighted by Crippen LogP contribution is 2.32. The average molecular weight is 444 g/mol. The molecule has 158 valence electrons. The van der Waals surface area contributed by atoms with E-state index in [1.54, 1.807) is 41.4 Å². The molecule has 0 radical (unpaired) electrons. The maximum Gasteiger partial charge on any atom is 0.254 e. The quantitative estimate of drug-likeness (QED) is 0.615. The van der Waals surface area contributed by atoms with Gasteiger partial charge in [0.05, 0.1) is 20.9 Å². The maximum absolute atomic E-state index is 12.9. The van der Waals surface area contributed by atoms with Crippen molar-refractivity contribution in [2.24, 2.45) is 0 Å². The highest BCUT2D eigenvalue weighted by Gasteiger charge is 2.25. The van der Waals surface area contributed by atoms with Crippen molar-refractivity contribution in [1.82, 2.24) is 9.88 Å². The molecule has 0 bridgehead atoms. The van der Waals surface area contributed by atoms with Crippen molar-refractivity contribution in [3.63, 3.8) is 0 Å². The van der Waals surface area contributed by atoms with E-state index in [1.807, 2.05) is 0 Å². The number of nitrogens with zero attached hydrogens (tertiary/aromatic N) is 3. The Balaban J connectivity index is 1.48. The van der Waals surface area contributed by atoms with Gasteiger partial charge < -0.3 is 9.80 Å². The highest BCUT2D eigenvalue weighted by molar-refractivity contribution is 7.91. The van der Waals surface area contributed by atoms with Gasteiger partial charge >= 0.3 is 0 Å². The number of rotatable bonds is 4. The molecule has 0 atom stereocenters. The summed E-state index contributed by atoms with van der Waals surface area (Å²) in [6, 6.07) is 10.7. The summed E-state index contributed by atoms with van der Waals surface area (Å²) in [4.78, 5) is 22.0. The molecule has 0 spiro atoms. The fourth-order valence-corrected chi connectivity index (χ4v) is 5.89. The lowest BCUT2D eigenvalue weighted by atomic mass is 10.1. The van der Waals surface area contributed by atoms with Crippen molar-refractivity contribution >= 4 is 42.4 Å². The third-order valence-electron chi connectivity index (χ3n) is 5.48. The van der Waals surface area contributed by atoms with Gasteiger partial charge in [-0.05, 0) is 49.2 Å². The molecule has 0 aliphatic carbocycles. The molecule has 3 aromatic rings. The van der Waals surface area contributed by atoms with Gasteiger partial charge in [0.25, 0.3) is 5.91 Å². The van der Waals surface area contributed by atoms with Gasteiger partial charge in [-0.3, -0.25) is 4.79 Å². The molecule has 1 aliphatic heterocycles. The van der Waals surface area contributed by atoms with Gasteiger partial charge in [0, 0.05) is 31.7 Å². The molecule has 2 aromatic carbocycles. The van der Waals surface area contributed by atoms with E-state index < -0.39 is 9.84 Å². The smallest absolute Gasteiger partial charge is 0.254 e. The SMILES string of the molecule is CCS(=O)(=O)c1cccc(C(=O)N2CCN(c3nc4c(C)cc(C)cc4s3)CC2)c1. The van der Waals surface area contributed by atoms with Crippen LogP contribution in [0.1, 0.15) is 28.4 Å². The summed E-state index contributed by atoms with van der Waals surface area (Å²) in [7, 11) is -3.34.